The predicted molar refractivity (Wildman–Crippen MR) is 254 cm³/mol. The third kappa shape index (κ3) is 9.75. The van der Waals surface area contributed by atoms with Crippen molar-refractivity contribution in [3.63, 3.8) is 0 Å². The molecule has 8 nitrogen and oxygen atoms in total. The number of nitrogens with zero attached hydrogens (tertiary/aromatic N) is 2. The first-order valence-corrected chi connectivity index (χ1v) is 23.1. The van der Waals surface area contributed by atoms with E-state index in [1.54, 1.807) is 6.92 Å². The summed E-state index contributed by atoms with van der Waals surface area (Å²) in [6, 6.07) is 6.18. The number of carbonyl (C=O) groups is 3. The number of Topliss-reactive ketones (excluding diaryl/α,β-unsaturated/α-hetero) is 2. The molecule has 0 amide bonds. The van der Waals surface area contributed by atoms with E-state index in [4.69, 9.17) is 14.7 Å². The first kappa shape index (κ1) is 46.4. The lowest BCUT2D eigenvalue weighted by Gasteiger charge is -2.19. The standard InChI is InChI=1S/C54H70N4O4/c1-13-39-34(7)41-29-46-47(38(11)59)36(9)43(56-46)27-42-35(8)40(26-15-14-20-31(4)22-17-24-33(6)25-18-23-32(5)21-16-19-30(2)3)51(57-42)49-50(54(61)62-12)53(60)48-37(10)44(58-52(48)49)28-45(39)55-41/h19-20,23-24,27-29,34-35,39-40,50,56,58H,13-18,21-22,25-26H2,1-12H3/b31-20+,32-23+,33-24+,41-29?,42-27?,43-27?,44-28?,45-28?,46-29?,51-49?/t34-,35?,39?,40?,50?/m1/s1. The summed E-state index contributed by atoms with van der Waals surface area (Å²) in [5.41, 5.74) is 15.7. The Morgan fingerprint density at radius 1 is 0.710 bits per heavy atom. The third-order valence-corrected chi connectivity index (χ3v) is 13.8. The fraction of sp³-hybridized carbons (Fsp3) is 0.500. The smallest absolute Gasteiger partial charge is 0.321 e. The highest BCUT2D eigenvalue weighted by Crippen LogP contribution is 2.48. The lowest BCUT2D eigenvalue weighted by Crippen LogP contribution is -2.21. The average molecular weight is 839 g/mol. The maximum Gasteiger partial charge on any atom is 0.321 e. The van der Waals surface area contributed by atoms with Gasteiger partial charge in [0.05, 0.1) is 23.8 Å². The summed E-state index contributed by atoms with van der Waals surface area (Å²) in [7, 11) is 1.35. The van der Waals surface area contributed by atoms with Crippen molar-refractivity contribution >= 4 is 39.6 Å². The van der Waals surface area contributed by atoms with Gasteiger partial charge in [0, 0.05) is 68.5 Å². The van der Waals surface area contributed by atoms with Gasteiger partial charge in [-0.15, -0.1) is 0 Å². The number of hydrogen-bond donors (Lipinski definition) is 2. The highest BCUT2D eigenvalue weighted by molar-refractivity contribution is 6.23. The van der Waals surface area contributed by atoms with Crippen LogP contribution in [0.2, 0.25) is 0 Å². The van der Waals surface area contributed by atoms with E-state index in [1.807, 2.05) is 19.9 Å². The first-order valence-electron chi connectivity index (χ1n) is 23.1. The van der Waals surface area contributed by atoms with Crippen LogP contribution in [0.25, 0.3) is 22.1 Å². The monoisotopic (exact) mass is 839 g/mol. The van der Waals surface area contributed by atoms with Crippen LogP contribution in [0.1, 0.15) is 216 Å². The molecule has 8 bridgehead atoms. The fourth-order valence-electron chi connectivity index (χ4n) is 10.0. The second kappa shape index (κ2) is 19.9. The Bertz CT molecular complexity index is 2520. The van der Waals surface area contributed by atoms with Crippen LogP contribution in [0.4, 0.5) is 0 Å². The summed E-state index contributed by atoms with van der Waals surface area (Å²) in [5.74, 6) is -1.72. The van der Waals surface area contributed by atoms with Gasteiger partial charge >= 0.3 is 5.97 Å². The summed E-state index contributed by atoms with van der Waals surface area (Å²) >= 11 is 0. The van der Waals surface area contributed by atoms with Crippen LogP contribution in [-0.2, 0) is 9.53 Å². The number of aromatic nitrogens is 4. The third-order valence-electron chi connectivity index (χ3n) is 13.8. The van der Waals surface area contributed by atoms with Crippen molar-refractivity contribution in [3.8, 4) is 0 Å². The summed E-state index contributed by atoms with van der Waals surface area (Å²) in [5, 5.41) is 0. The number of rotatable bonds is 16. The van der Waals surface area contributed by atoms with Crippen molar-refractivity contribution in [2.45, 2.75) is 170 Å². The predicted octanol–water partition coefficient (Wildman–Crippen LogP) is 14.1. The van der Waals surface area contributed by atoms with Gasteiger partial charge in [0.1, 0.15) is 5.92 Å². The van der Waals surface area contributed by atoms with Gasteiger partial charge in [-0.1, -0.05) is 67.4 Å². The number of nitrogens with one attached hydrogen (secondary N) is 2. The van der Waals surface area contributed by atoms with Crippen LogP contribution in [0.5, 0.6) is 0 Å². The largest absolute Gasteiger partial charge is 0.468 e. The van der Waals surface area contributed by atoms with Crippen molar-refractivity contribution < 1.29 is 19.1 Å². The van der Waals surface area contributed by atoms with Crippen LogP contribution in [0.15, 0.2) is 64.8 Å². The molecule has 1 aliphatic carbocycles. The summed E-state index contributed by atoms with van der Waals surface area (Å²) in [4.78, 5) is 59.0. The molecule has 4 unspecified atom stereocenters. The molecule has 0 aromatic carbocycles. The van der Waals surface area contributed by atoms with Crippen molar-refractivity contribution in [2.75, 3.05) is 7.11 Å². The minimum absolute atomic E-state index is 0.00963. The molecule has 8 heteroatoms. The number of allylic oxidation sites excluding steroid dienone is 8. The lowest BCUT2D eigenvalue weighted by molar-refractivity contribution is -0.141. The molecular weight excluding hydrogens is 769 g/mol. The number of H-pyrrole nitrogens is 2. The van der Waals surface area contributed by atoms with E-state index in [1.165, 1.54) is 29.4 Å². The van der Waals surface area contributed by atoms with Crippen LogP contribution in [-0.4, -0.2) is 44.6 Å². The number of hydrogen-bond acceptors (Lipinski definition) is 6. The van der Waals surface area contributed by atoms with Gasteiger partial charge in [-0.05, 0) is 149 Å². The van der Waals surface area contributed by atoms with Gasteiger partial charge in [-0.3, -0.25) is 24.4 Å². The molecule has 3 aromatic heterocycles. The van der Waals surface area contributed by atoms with Crippen LogP contribution >= 0.6 is 0 Å². The number of esters is 1. The number of aryl methyl sites for hydroxylation is 2. The molecule has 3 aliphatic rings. The molecule has 2 N–H and O–H groups in total. The zero-order chi connectivity index (χ0) is 45.0. The number of ketones is 2. The molecular formula is C54H70N4O4. The van der Waals surface area contributed by atoms with E-state index in [9.17, 15) is 14.4 Å². The maximum absolute atomic E-state index is 14.4. The Balaban J connectivity index is 1.34. The van der Waals surface area contributed by atoms with Crippen molar-refractivity contribution in [1.82, 2.24) is 19.9 Å². The normalized spacial score (nSPS) is 20.2. The number of aromatic amines is 2. The number of fused-ring (bicyclic) bond motifs is 8. The van der Waals surface area contributed by atoms with E-state index in [-0.39, 0.29) is 35.2 Å². The van der Waals surface area contributed by atoms with Crippen LogP contribution < -0.4 is 0 Å². The molecule has 3 aromatic rings. The number of methoxy groups -OCH3 is 1. The minimum Gasteiger partial charge on any atom is -0.468 e. The molecule has 5 atom stereocenters. The van der Waals surface area contributed by atoms with E-state index in [2.05, 4.69) is 102 Å². The lowest BCUT2D eigenvalue weighted by atomic mass is 9.83. The highest BCUT2D eigenvalue weighted by Gasteiger charge is 2.45. The average Bonchev–Trinajstić information content (AvgIpc) is 3.96. The second-order valence-electron chi connectivity index (χ2n) is 18.7. The van der Waals surface area contributed by atoms with Crippen LogP contribution in [0.3, 0.4) is 0 Å². The first-order chi connectivity index (χ1) is 29.6. The SMILES string of the molecule is CCC1c2cc3[nH]c4c(c3C)C(=O)C(C(=O)OC)c4c3nc(cc4[nH]c(cc(n2)[C@@H]1C)c(C(C)=O)c4C)C(C)C3CCC/C=C(\C)CC/C=C(\C)CC/C=C(\C)CCC=C(C)C. The molecule has 0 radical (unpaired) electrons. The van der Waals surface area contributed by atoms with Crippen LogP contribution in [0, 0.1) is 13.8 Å². The molecule has 0 saturated heterocycles. The topological polar surface area (TPSA) is 118 Å². The van der Waals surface area contributed by atoms with Gasteiger partial charge < -0.3 is 14.7 Å². The Morgan fingerprint density at radius 2 is 1.26 bits per heavy atom. The summed E-state index contributed by atoms with van der Waals surface area (Å²) in [6.45, 7) is 23.1. The highest BCUT2D eigenvalue weighted by atomic mass is 16.5. The maximum atomic E-state index is 14.4. The molecule has 330 valence electrons. The molecule has 0 fully saturated rings. The van der Waals surface area contributed by atoms with Crippen molar-refractivity contribution in [1.29, 1.82) is 0 Å². The van der Waals surface area contributed by atoms with Gasteiger partial charge in [0.25, 0.3) is 0 Å². The zero-order valence-electron chi connectivity index (χ0n) is 39.5. The Hall–Kier alpha value is -5.11. The summed E-state index contributed by atoms with van der Waals surface area (Å²) < 4.78 is 5.33. The Kier molecular flexibility index (Phi) is 14.9. The van der Waals surface area contributed by atoms with Crippen molar-refractivity contribution in [2.24, 2.45) is 0 Å². The Morgan fingerprint density at radius 3 is 1.85 bits per heavy atom. The van der Waals surface area contributed by atoms with Gasteiger partial charge in [0.2, 0.25) is 0 Å². The molecule has 6 rings (SSSR count). The van der Waals surface area contributed by atoms with Gasteiger partial charge in [0.15, 0.2) is 11.6 Å². The molecule has 0 spiro atoms. The molecule has 62 heavy (non-hydrogen) atoms. The fourth-order valence-corrected chi connectivity index (χ4v) is 10.0. The van der Waals surface area contributed by atoms with Crippen molar-refractivity contribution in [3.05, 3.63) is 115 Å². The van der Waals surface area contributed by atoms with E-state index in [0.29, 0.717) is 22.2 Å². The van der Waals surface area contributed by atoms with E-state index in [0.717, 1.165) is 115 Å². The number of ether oxygens (including phenoxy) is 1. The number of carbonyl (C=O) groups excluding carboxylic acids is 3. The molecule has 2 aliphatic heterocycles. The Labute approximate surface area is 369 Å². The van der Waals surface area contributed by atoms with Gasteiger partial charge in [-0.2, -0.15) is 0 Å². The number of unbranched alkanes of at least 4 members (excludes halogenated alkanes) is 1. The second-order valence-corrected chi connectivity index (χ2v) is 18.7. The molecule has 0 saturated carbocycles. The van der Waals surface area contributed by atoms with E-state index < -0.39 is 11.9 Å². The minimum atomic E-state index is -1.10. The van der Waals surface area contributed by atoms with Gasteiger partial charge in [-0.25, -0.2) is 0 Å². The summed E-state index contributed by atoms with van der Waals surface area (Å²) in [6.07, 6.45) is 19.6. The van der Waals surface area contributed by atoms with E-state index >= 15 is 0 Å². The zero-order valence-corrected chi connectivity index (χ0v) is 39.5. The quantitative estimate of drug-likeness (QED) is 0.0488. The molecule has 5 heterocycles.